The molecule has 0 saturated heterocycles. The number of nitrogens with two attached hydrogens (primary N) is 1. The maximum absolute atomic E-state index is 4.50. The van der Waals surface area contributed by atoms with E-state index in [4.69, 9.17) is 0 Å². The van der Waals surface area contributed by atoms with Crippen LogP contribution in [0, 0.1) is 5.92 Å². The first-order valence-corrected chi connectivity index (χ1v) is 7.55. The maximum atomic E-state index is 4.50. The van der Waals surface area contributed by atoms with Gasteiger partial charge in [-0.25, -0.2) is 4.31 Å². The van der Waals surface area contributed by atoms with Gasteiger partial charge in [-0.15, -0.1) is 0 Å². The molecule has 0 fully saturated rings. The van der Waals surface area contributed by atoms with E-state index in [0.29, 0.717) is 0 Å². The van der Waals surface area contributed by atoms with E-state index in [1.54, 1.807) is 0 Å². The Hall–Kier alpha value is -0.550. The highest BCUT2D eigenvalue weighted by Crippen LogP contribution is 2.22. The average Bonchev–Trinajstić information content (AvgIpc) is 2.40. The van der Waals surface area contributed by atoms with Crippen LogP contribution in [0.4, 0.5) is 0 Å². The van der Waals surface area contributed by atoms with E-state index < -0.39 is 0 Å². The Morgan fingerprint density at radius 2 is 1.63 bits per heavy atom. The van der Waals surface area contributed by atoms with E-state index in [0.717, 1.165) is 19.0 Å². The van der Waals surface area contributed by atoms with Crippen molar-refractivity contribution in [3.63, 3.8) is 0 Å². The number of hydrogen-bond donors (Lipinski definition) is 1. The third kappa shape index (κ3) is 9.05. The third-order valence-corrected chi connectivity index (χ3v) is 3.66. The summed E-state index contributed by atoms with van der Waals surface area (Å²) in [5, 5.41) is 0. The quantitative estimate of drug-likeness (QED) is 0.780. The van der Waals surface area contributed by atoms with Gasteiger partial charge in [0.15, 0.2) is 0 Å². The van der Waals surface area contributed by atoms with Gasteiger partial charge in [-0.2, -0.15) is 0 Å². The number of benzene rings is 1. The summed E-state index contributed by atoms with van der Waals surface area (Å²) < 4.78 is 2.34. The van der Waals surface area contributed by atoms with Crippen molar-refractivity contribution in [2.45, 2.75) is 18.2 Å². The Kier molecular flexibility index (Phi) is 11.0. The molecule has 4 heteroatoms. The van der Waals surface area contributed by atoms with Crippen LogP contribution >= 0.6 is 11.9 Å². The predicted molar refractivity (Wildman–Crippen MR) is 87.4 cm³/mol. The highest BCUT2D eigenvalue weighted by molar-refractivity contribution is 7.97. The molecule has 0 saturated carbocycles. The molecule has 2 N–H and O–H groups in total. The Morgan fingerprint density at radius 1 is 1.05 bits per heavy atom. The Balaban J connectivity index is 0.00000154. The smallest absolute Gasteiger partial charge is 0.0230 e. The van der Waals surface area contributed by atoms with Gasteiger partial charge in [0.1, 0.15) is 0 Å². The summed E-state index contributed by atoms with van der Waals surface area (Å²) in [6, 6.07) is 10.6. The molecule has 0 radical (unpaired) electrons. The molecule has 0 heterocycles. The van der Waals surface area contributed by atoms with Crippen molar-refractivity contribution < 1.29 is 0 Å². The zero-order valence-corrected chi connectivity index (χ0v) is 13.8. The fourth-order valence-corrected chi connectivity index (χ4v) is 2.82. The average molecular weight is 283 g/mol. The minimum Gasteiger partial charge on any atom is -0.333 e. The van der Waals surface area contributed by atoms with Crippen LogP contribution in [-0.2, 0) is 0 Å². The zero-order valence-electron chi connectivity index (χ0n) is 13.0. The van der Waals surface area contributed by atoms with Crippen molar-refractivity contribution in [2.75, 3.05) is 41.3 Å². The van der Waals surface area contributed by atoms with Gasteiger partial charge in [-0.3, -0.25) is 0 Å². The van der Waals surface area contributed by atoms with E-state index in [9.17, 15) is 0 Å². The van der Waals surface area contributed by atoms with Gasteiger partial charge in [-0.1, -0.05) is 31.5 Å². The molecule has 1 rings (SSSR count). The lowest BCUT2D eigenvalue weighted by Crippen LogP contribution is -2.28. The van der Waals surface area contributed by atoms with Crippen molar-refractivity contribution in [1.82, 2.24) is 9.21 Å². The molecule has 1 unspecified atom stereocenters. The van der Waals surface area contributed by atoms with E-state index in [1.165, 1.54) is 18.4 Å². The molecular formula is C15H29N3S. The molecule has 1 aromatic rings. The summed E-state index contributed by atoms with van der Waals surface area (Å²) >= 11 is 1.83. The molecule has 19 heavy (non-hydrogen) atoms. The highest BCUT2D eigenvalue weighted by atomic mass is 32.2. The minimum atomic E-state index is 0.742. The topological polar surface area (TPSA) is 32.5 Å². The normalized spacial score (nSPS) is 12.2. The first-order valence-electron chi connectivity index (χ1n) is 6.78. The summed E-state index contributed by atoms with van der Waals surface area (Å²) in [6.07, 6.45) is 1.23. The third-order valence-electron chi connectivity index (χ3n) is 2.72. The molecule has 110 valence electrons. The second-order valence-corrected chi connectivity index (χ2v) is 6.03. The lowest BCUT2D eigenvalue weighted by molar-refractivity contribution is 0.288. The van der Waals surface area contributed by atoms with E-state index in [1.807, 2.05) is 11.9 Å². The van der Waals surface area contributed by atoms with E-state index in [-0.39, 0.29) is 0 Å². The first-order chi connectivity index (χ1) is 9.11. The van der Waals surface area contributed by atoms with Crippen LogP contribution in [0.5, 0.6) is 0 Å². The zero-order chi connectivity index (χ0) is 14.7. The molecule has 1 aromatic carbocycles. The van der Waals surface area contributed by atoms with Crippen molar-refractivity contribution >= 4 is 11.9 Å². The summed E-state index contributed by atoms with van der Waals surface area (Å²) in [7, 11) is 7.97. The fourth-order valence-electron chi connectivity index (χ4n) is 1.89. The van der Waals surface area contributed by atoms with Gasteiger partial charge >= 0.3 is 0 Å². The van der Waals surface area contributed by atoms with Gasteiger partial charge < -0.3 is 10.6 Å². The molecule has 0 aliphatic heterocycles. The molecule has 0 aromatic heterocycles. The van der Waals surface area contributed by atoms with Crippen molar-refractivity contribution in [2.24, 2.45) is 11.7 Å². The Bertz CT molecular complexity index is 304. The van der Waals surface area contributed by atoms with E-state index >= 15 is 0 Å². The van der Waals surface area contributed by atoms with Crippen LogP contribution in [0.25, 0.3) is 0 Å². The summed E-state index contributed by atoms with van der Waals surface area (Å²) in [5.41, 5.74) is 4.50. The molecule has 3 nitrogen and oxygen atoms in total. The monoisotopic (exact) mass is 283 g/mol. The molecular weight excluding hydrogens is 254 g/mol. The van der Waals surface area contributed by atoms with Gasteiger partial charge in [0, 0.05) is 18.0 Å². The van der Waals surface area contributed by atoms with Crippen LogP contribution in [0.1, 0.15) is 13.3 Å². The van der Waals surface area contributed by atoms with Gasteiger partial charge in [-0.05, 0) is 58.2 Å². The van der Waals surface area contributed by atoms with Gasteiger partial charge in [0.25, 0.3) is 0 Å². The lowest BCUT2D eigenvalue weighted by atomic mass is 10.1. The van der Waals surface area contributed by atoms with Crippen LogP contribution in [0.2, 0.25) is 0 Å². The van der Waals surface area contributed by atoms with Crippen LogP contribution in [0.15, 0.2) is 35.2 Å². The molecule has 0 amide bonds. The summed E-state index contributed by atoms with van der Waals surface area (Å²) in [4.78, 5) is 3.59. The second kappa shape index (κ2) is 11.3. The van der Waals surface area contributed by atoms with Crippen molar-refractivity contribution in [3.05, 3.63) is 30.3 Å². The molecule has 0 bridgehead atoms. The Labute approximate surface area is 123 Å². The highest BCUT2D eigenvalue weighted by Gasteiger charge is 2.11. The minimum absolute atomic E-state index is 0.742. The molecule has 1 atom stereocenters. The largest absolute Gasteiger partial charge is 0.333 e. The van der Waals surface area contributed by atoms with Crippen molar-refractivity contribution in [3.8, 4) is 0 Å². The van der Waals surface area contributed by atoms with Crippen LogP contribution in [0.3, 0.4) is 0 Å². The lowest BCUT2D eigenvalue weighted by Gasteiger charge is -2.24. The van der Waals surface area contributed by atoms with Crippen LogP contribution < -0.4 is 5.73 Å². The molecule has 0 aliphatic rings. The van der Waals surface area contributed by atoms with Gasteiger partial charge in [0.2, 0.25) is 0 Å². The van der Waals surface area contributed by atoms with E-state index in [2.05, 4.69) is 73.3 Å². The van der Waals surface area contributed by atoms with Crippen molar-refractivity contribution in [1.29, 1.82) is 0 Å². The second-order valence-electron chi connectivity index (χ2n) is 4.75. The molecule has 0 aliphatic carbocycles. The predicted octanol–water partition coefficient (Wildman–Crippen LogP) is 2.79. The molecule has 0 spiro atoms. The van der Waals surface area contributed by atoms with Crippen LogP contribution in [-0.4, -0.2) is 50.5 Å². The summed E-state index contributed by atoms with van der Waals surface area (Å²) in [5.74, 6) is 0.742. The maximum Gasteiger partial charge on any atom is 0.0230 e. The fraction of sp³-hybridized carbons (Fsp3) is 0.600. The Morgan fingerprint density at radius 3 is 2.11 bits per heavy atom. The first kappa shape index (κ1) is 18.4. The standard InChI is InChI=1S/C14H24N2S.CH5N/c1-5-13(11-15(2)3)12-16(4)17-14-9-7-6-8-10-14;1-2/h6-10,13H,5,11-12H2,1-4H3;2H2,1H3. The number of rotatable bonds is 7. The number of hydrogen-bond acceptors (Lipinski definition) is 4. The SMILES string of the molecule is CCC(CN(C)C)CN(C)Sc1ccccc1.CN. The number of nitrogens with zero attached hydrogens (tertiary/aromatic N) is 2. The van der Waals surface area contributed by atoms with Gasteiger partial charge in [0.05, 0.1) is 0 Å². The summed E-state index contributed by atoms with van der Waals surface area (Å²) in [6.45, 7) is 4.57.